The molecule has 0 aliphatic rings. The van der Waals surface area contributed by atoms with Crippen LogP contribution in [0.1, 0.15) is 22.6 Å². The van der Waals surface area contributed by atoms with E-state index < -0.39 is 5.92 Å². The highest BCUT2D eigenvalue weighted by atomic mass is 16.5. The maximum Gasteiger partial charge on any atom is 0.253 e. The number of carbonyl (C=O) groups excluding carboxylic acids is 1. The summed E-state index contributed by atoms with van der Waals surface area (Å²) < 4.78 is 5.20. The molecule has 0 saturated heterocycles. The molecule has 1 heterocycles. The van der Waals surface area contributed by atoms with E-state index in [9.17, 15) is 9.59 Å². The normalized spacial score (nSPS) is 10.9. The van der Waals surface area contributed by atoms with Crippen molar-refractivity contribution in [2.45, 2.75) is 12.5 Å². The third-order valence-corrected chi connectivity index (χ3v) is 5.11. The van der Waals surface area contributed by atoms with Gasteiger partial charge in [0.25, 0.3) is 5.56 Å². The number of hydrogen-bond acceptors (Lipinski definition) is 3. The van der Waals surface area contributed by atoms with Crippen LogP contribution < -0.4 is 15.6 Å². The minimum atomic E-state index is -0.448. The largest absolute Gasteiger partial charge is 0.497 e. The number of nitrogens with one attached hydrogen (secondary N) is 2. The van der Waals surface area contributed by atoms with Gasteiger partial charge in [-0.2, -0.15) is 0 Å². The third kappa shape index (κ3) is 4.10. The molecule has 1 amide bonds. The van der Waals surface area contributed by atoms with Crippen LogP contribution in [-0.4, -0.2) is 18.0 Å². The third-order valence-electron chi connectivity index (χ3n) is 5.11. The molecule has 1 aromatic heterocycles. The van der Waals surface area contributed by atoms with Crippen LogP contribution in [0.3, 0.4) is 0 Å². The molecule has 4 aromatic rings. The van der Waals surface area contributed by atoms with Gasteiger partial charge in [-0.1, -0.05) is 60.7 Å². The molecule has 5 nitrogen and oxygen atoms in total. The first-order chi connectivity index (χ1) is 14.7. The first-order valence-corrected chi connectivity index (χ1v) is 9.73. The van der Waals surface area contributed by atoms with E-state index in [-0.39, 0.29) is 18.0 Å². The lowest BCUT2D eigenvalue weighted by Crippen LogP contribution is -2.31. The zero-order valence-electron chi connectivity index (χ0n) is 16.6. The Morgan fingerprint density at radius 3 is 2.17 bits per heavy atom. The summed E-state index contributed by atoms with van der Waals surface area (Å²) in [5, 5.41) is 3.82. The van der Waals surface area contributed by atoms with Gasteiger partial charge < -0.3 is 15.0 Å². The second-order valence-corrected chi connectivity index (χ2v) is 7.05. The Bertz CT molecular complexity index is 1180. The molecule has 3 aromatic carbocycles. The summed E-state index contributed by atoms with van der Waals surface area (Å²) in [5.41, 5.74) is 2.77. The summed E-state index contributed by atoms with van der Waals surface area (Å²) in [6.45, 7) is 0.145. The molecule has 0 spiro atoms. The minimum Gasteiger partial charge on any atom is -0.497 e. The van der Waals surface area contributed by atoms with Crippen molar-refractivity contribution in [3.05, 3.63) is 112 Å². The van der Waals surface area contributed by atoms with Crippen LogP contribution in [0, 0.1) is 0 Å². The number of amides is 1. The Labute approximate surface area is 174 Å². The van der Waals surface area contributed by atoms with E-state index in [0.29, 0.717) is 16.8 Å². The van der Waals surface area contributed by atoms with Gasteiger partial charge in [0.1, 0.15) is 5.75 Å². The molecule has 2 N–H and O–H groups in total. The lowest BCUT2D eigenvalue weighted by atomic mass is 9.90. The molecule has 0 fully saturated rings. The minimum absolute atomic E-state index is 0.145. The molecule has 4 rings (SSSR count). The molecule has 0 atom stereocenters. The Balaban J connectivity index is 1.59. The topological polar surface area (TPSA) is 71.2 Å². The number of hydrogen-bond donors (Lipinski definition) is 2. The average Bonchev–Trinajstić information content (AvgIpc) is 2.79. The maximum atomic E-state index is 13.1. The fourth-order valence-corrected chi connectivity index (χ4v) is 3.55. The molecule has 0 aliphatic heterocycles. The number of pyridine rings is 1. The number of ether oxygens (including phenoxy) is 1. The van der Waals surface area contributed by atoms with Crippen LogP contribution in [0.25, 0.3) is 10.9 Å². The number of fused-ring (bicyclic) bond motifs is 1. The van der Waals surface area contributed by atoms with E-state index in [1.807, 2.05) is 72.8 Å². The molecule has 150 valence electrons. The summed E-state index contributed by atoms with van der Waals surface area (Å²) in [6, 6.07) is 26.6. The monoisotopic (exact) mass is 398 g/mol. The van der Waals surface area contributed by atoms with Gasteiger partial charge in [0.2, 0.25) is 5.91 Å². The van der Waals surface area contributed by atoms with Crippen LogP contribution in [0.15, 0.2) is 89.7 Å². The van der Waals surface area contributed by atoms with Crippen molar-refractivity contribution in [2.24, 2.45) is 0 Å². The van der Waals surface area contributed by atoms with Crippen molar-refractivity contribution in [1.82, 2.24) is 10.3 Å². The smallest absolute Gasteiger partial charge is 0.253 e. The molecule has 0 saturated carbocycles. The van der Waals surface area contributed by atoms with Crippen LogP contribution in [0.2, 0.25) is 0 Å². The summed E-state index contributed by atoms with van der Waals surface area (Å²) >= 11 is 0. The first-order valence-electron chi connectivity index (χ1n) is 9.73. The van der Waals surface area contributed by atoms with Crippen LogP contribution >= 0.6 is 0 Å². The van der Waals surface area contributed by atoms with Gasteiger partial charge in [-0.25, -0.2) is 0 Å². The highest BCUT2D eigenvalue weighted by Crippen LogP contribution is 2.25. The number of carbonyl (C=O) groups is 1. The Morgan fingerprint density at radius 1 is 0.933 bits per heavy atom. The summed E-state index contributed by atoms with van der Waals surface area (Å²) in [5.74, 6) is 0.0746. The lowest BCUT2D eigenvalue weighted by molar-refractivity contribution is -0.121. The Hall–Kier alpha value is -3.86. The van der Waals surface area contributed by atoms with Gasteiger partial charge >= 0.3 is 0 Å². The molecular formula is C25H22N2O3. The van der Waals surface area contributed by atoms with Crippen molar-refractivity contribution in [3.63, 3.8) is 0 Å². The zero-order valence-corrected chi connectivity index (χ0v) is 16.6. The zero-order chi connectivity index (χ0) is 20.9. The van der Waals surface area contributed by atoms with E-state index >= 15 is 0 Å². The molecule has 5 heteroatoms. The fourth-order valence-electron chi connectivity index (χ4n) is 3.55. The average molecular weight is 398 g/mol. The number of benzene rings is 3. The molecule has 0 bridgehead atoms. The maximum absolute atomic E-state index is 13.1. The summed E-state index contributed by atoms with van der Waals surface area (Å²) in [6.07, 6.45) is 0. The van der Waals surface area contributed by atoms with Gasteiger partial charge in [-0.15, -0.1) is 0 Å². The van der Waals surface area contributed by atoms with Gasteiger partial charge in [-0.3, -0.25) is 9.59 Å². The number of aromatic nitrogens is 1. The standard InChI is InChI=1S/C25H22N2O3/c1-30-21-13-12-19-14-20(24(28)27-22(19)15-21)16-26-25(29)23(17-8-4-2-5-9-17)18-10-6-3-7-11-18/h2-15,23H,16H2,1H3,(H,26,29)(H,27,28). The molecule has 0 radical (unpaired) electrons. The quantitative estimate of drug-likeness (QED) is 0.516. The van der Waals surface area contributed by atoms with Crippen LogP contribution in [-0.2, 0) is 11.3 Å². The number of methoxy groups -OCH3 is 1. The van der Waals surface area contributed by atoms with Crippen LogP contribution in [0.5, 0.6) is 5.75 Å². The van der Waals surface area contributed by atoms with Gasteiger partial charge in [0.15, 0.2) is 0 Å². The van der Waals surface area contributed by atoms with Crippen molar-refractivity contribution in [2.75, 3.05) is 7.11 Å². The highest BCUT2D eigenvalue weighted by molar-refractivity contribution is 5.87. The number of aromatic amines is 1. The SMILES string of the molecule is COc1ccc2cc(CNC(=O)C(c3ccccc3)c3ccccc3)c(=O)[nH]c2c1. The van der Waals surface area contributed by atoms with Crippen molar-refractivity contribution in [1.29, 1.82) is 0 Å². The lowest BCUT2D eigenvalue weighted by Gasteiger charge is -2.18. The van der Waals surface area contributed by atoms with Crippen molar-refractivity contribution >= 4 is 16.8 Å². The van der Waals surface area contributed by atoms with E-state index in [4.69, 9.17) is 4.74 Å². The second-order valence-electron chi connectivity index (χ2n) is 7.05. The molecule has 0 unspecified atom stereocenters. The number of rotatable bonds is 6. The first kappa shape index (κ1) is 19.5. The van der Waals surface area contributed by atoms with Crippen molar-refractivity contribution < 1.29 is 9.53 Å². The van der Waals surface area contributed by atoms with Crippen molar-refractivity contribution in [3.8, 4) is 5.75 Å². The summed E-state index contributed by atoms with van der Waals surface area (Å²) in [7, 11) is 1.58. The molecular weight excluding hydrogens is 376 g/mol. The van der Waals surface area contributed by atoms with Gasteiger partial charge in [-0.05, 0) is 34.7 Å². The molecule has 0 aliphatic carbocycles. The van der Waals surface area contributed by atoms with Crippen LogP contribution in [0.4, 0.5) is 0 Å². The number of H-pyrrole nitrogens is 1. The molecule has 30 heavy (non-hydrogen) atoms. The van der Waals surface area contributed by atoms with E-state index in [1.54, 1.807) is 19.2 Å². The van der Waals surface area contributed by atoms with Gasteiger partial charge in [0.05, 0.1) is 18.5 Å². The second kappa shape index (κ2) is 8.66. The Morgan fingerprint density at radius 2 is 1.57 bits per heavy atom. The van der Waals surface area contributed by atoms with E-state index in [0.717, 1.165) is 16.5 Å². The fraction of sp³-hybridized carbons (Fsp3) is 0.120. The van der Waals surface area contributed by atoms with E-state index in [1.165, 1.54) is 0 Å². The predicted molar refractivity (Wildman–Crippen MR) is 118 cm³/mol. The Kier molecular flexibility index (Phi) is 5.61. The van der Waals surface area contributed by atoms with E-state index in [2.05, 4.69) is 10.3 Å². The van der Waals surface area contributed by atoms with Gasteiger partial charge in [0, 0.05) is 18.2 Å². The predicted octanol–water partition coefficient (Wildman–Crippen LogP) is 3.99. The summed E-state index contributed by atoms with van der Waals surface area (Å²) in [4.78, 5) is 28.5. The highest BCUT2D eigenvalue weighted by Gasteiger charge is 2.22.